The summed E-state index contributed by atoms with van der Waals surface area (Å²) in [5, 5.41) is 3.02. The van der Waals surface area contributed by atoms with Crippen molar-refractivity contribution in [3.63, 3.8) is 0 Å². The van der Waals surface area contributed by atoms with Crippen molar-refractivity contribution in [2.45, 2.75) is 31.4 Å². The van der Waals surface area contributed by atoms with Crippen LogP contribution in [0.1, 0.15) is 46.9 Å². The van der Waals surface area contributed by atoms with Crippen LogP contribution in [-0.2, 0) is 6.18 Å². The lowest BCUT2D eigenvalue weighted by molar-refractivity contribution is -0.145. The summed E-state index contributed by atoms with van der Waals surface area (Å²) in [4.78, 5) is 19.4. The van der Waals surface area contributed by atoms with Crippen molar-refractivity contribution in [1.82, 2.24) is 15.3 Å². The summed E-state index contributed by atoms with van der Waals surface area (Å²) in [5.74, 6) is -0.834. The third-order valence-corrected chi connectivity index (χ3v) is 5.04. The first kappa shape index (κ1) is 20.4. The minimum absolute atomic E-state index is 0.178. The number of carbonyl (C=O) groups is 1. The maximum absolute atomic E-state index is 12.7. The van der Waals surface area contributed by atoms with Crippen molar-refractivity contribution < 1.29 is 22.7 Å². The summed E-state index contributed by atoms with van der Waals surface area (Å²) in [6.45, 7) is 0.248. The van der Waals surface area contributed by atoms with Gasteiger partial charge < -0.3 is 10.1 Å². The zero-order valence-corrected chi connectivity index (χ0v) is 15.8. The molecule has 0 aliphatic heterocycles. The Morgan fingerprint density at radius 3 is 2.57 bits per heavy atom. The van der Waals surface area contributed by atoms with Gasteiger partial charge in [-0.3, -0.25) is 4.79 Å². The second-order valence-electron chi connectivity index (χ2n) is 6.75. The van der Waals surface area contributed by atoms with Gasteiger partial charge in [-0.1, -0.05) is 30.5 Å². The number of hydrogen-bond donors (Lipinski definition) is 1. The van der Waals surface area contributed by atoms with Gasteiger partial charge in [-0.05, 0) is 30.0 Å². The number of rotatable bonds is 7. The van der Waals surface area contributed by atoms with Gasteiger partial charge in [0.2, 0.25) is 5.82 Å². The predicted molar refractivity (Wildman–Crippen MR) is 97.5 cm³/mol. The Hall–Kier alpha value is -2.35. The molecule has 9 heteroatoms. The van der Waals surface area contributed by atoms with Crippen molar-refractivity contribution in [2.75, 3.05) is 13.7 Å². The molecule has 150 valence electrons. The van der Waals surface area contributed by atoms with Crippen LogP contribution in [0.2, 0.25) is 5.02 Å². The Labute approximate surface area is 165 Å². The molecule has 1 aliphatic carbocycles. The molecule has 1 saturated carbocycles. The summed E-state index contributed by atoms with van der Waals surface area (Å²) in [7, 11) is 1.46. The van der Waals surface area contributed by atoms with E-state index in [4.69, 9.17) is 16.3 Å². The maximum atomic E-state index is 12.7. The van der Waals surface area contributed by atoms with Crippen molar-refractivity contribution in [3.8, 4) is 5.75 Å². The highest BCUT2D eigenvalue weighted by Crippen LogP contribution is 2.38. The molecule has 5 nitrogen and oxygen atoms in total. The van der Waals surface area contributed by atoms with E-state index in [0.29, 0.717) is 17.2 Å². The van der Waals surface area contributed by atoms with Gasteiger partial charge in [-0.15, -0.1) is 0 Å². The fourth-order valence-electron chi connectivity index (χ4n) is 2.94. The van der Waals surface area contributed by atoms with Gasteiger partial charge in [-0.25, -0.2) is 9.97 Å². The smallest absolute Gasteiger partial charge is 0.451 e. The Morgan fingerprint density at radius 2 is 2.00 bits per heavy atom. The number of nitrogens with zero attached hydrogens (tertiary/aromatic N) is 2. The minimum atomic E-state index is -4.58. The third-order valence-electron chi connectivity index (χ3n) is 4.65. The van der Waals surface area contributed by atoms with Crippen LogP contribution in [0.4, 0.5) is 13.2 Å². The molecule has 3 rings (SSSR count). The average molecular weight is 414 g/mol. The van der Waals surface area contributed by atoms with E-state index in [9.17, 15) is 18.0 Å². The van der Waals surface area contributed by atoms with Gasteiger partial charge in [0.25, 0.3) is 5.91 Å². The van der Waals surface area contributed by atoms with Crippen LogP contribution >= 0.6 is 11.6 Å². The van der Waals surface area contributed by atoms with E-state index in [1.54, 1.807) is 18.2 Å². The molecule has 1 aliphatic rings. The largest absolute Gasteiger partial charge is 0.495 e. The van der Waals surface area contributed by atoms with Gasteiger partial charge >= 0.3 is 6.18 Å². The lowest BCUT2D eigenvalue weighted by Gasteiger charge is -2.18. The highest BCUT2D eigenvalue weighted by atomic mass is 35.5. The second-order valence-corrected chi connectivity index (χ2v) is 7.12. The standard InChI is InChI=1S/C19H19ClF3N3O2/c1-28-15-4-2-3-14(16(15)20)17(27)24-8-12(7-11-5-6-11)13-9-25-18(26-10-13)19(21,22)23/h2-4,9-12H,5-8H2,1H3,(H,24,27). The molecule has 1 aromatic carbocycles. The summed E-state index contributed by atoms with van der Waals surface area (Å²) in [6.07, 6.45) is 0.700. The lowest BCUT2D eigenvalue weighted by Crippen LogP contribution is -2.29. The van der Waals surface area contributed by atoms with E-state index < -0.39 is 12.0 Å². The molecule has 1 amide bonds. The van der Waals surface area contributed by atoms with E-state index in [1.807, 2.05) is 0 Å². The lowest BCUT2D eigenvalue weighted by atomic mass is 9.95. The number of carbonyl (C=O) groups excluding carboxylic acids is 1. The summed E-state index contributed by atoms with van der Waals surface area (Å²) >= 11 is 6.18. The van der Waals surface area contributed by atoms with Crippen molar-refractivity contribution in [1.29, 1.82) is 0 Å². The Kier molecular flexibility index (Phi) is 6.07. The second kappa shape index (κ2) is 8.34. The van der Waals surface area contributed by atoms with E-state index in [2.05, 4.69) is 15.3 Å². The first-order valence-electron chi connectivity index (χ1n) is 8.79. The number of halogens is 4. The van der Waals surface area contributed by atoms with Gasteiger partial charge in [-0.2, -0.15) is 13.2 Å². The van der Waals surface area contributed by atoms with Crippen LogP contribution in [0.3, 0.4) is 0 Å². The fraction of sp³-hybridized carbons (Fsp3) is 0.421. The molecule has 0 spiro atoms. The van der Waals surface area contributed by atoms with Gasteiger partial charge in [0, 0.05) is 24.9 Å². The molecule has 1 heterocycles. The summed E-state index contributed by atoms with van der Waals surface area (Å²) < 4.78 is 43.1. The monoisotopic (exact) mass is 413 g/mol. The van der Waals surface area contributed by atoms with Crippen molar-refractivity contribution >= 4 is 17.5 Å². The zero-order valence-electron chi connectivity index (χ0n) is 15.1. The third kappa shape index (κ3) is 4.92. The first-order valence-corrected chi connectivity index (χ1v) is 9.17. The minimum Gasteiger partial charge on any atom is -0.495 e. The number of nitrogens with one attached hydrogen (secondary N) is 1. The van der Waals surface area contributed by atoms with Crippen molar-refractivity contribution in [3.05, 3.63) is 52.6 Å². The molecule has 1 N–H and O–H groups in total. The van der Waals surface area contributed by atoms with E-state index in [0.717, 1.165) is 19.3 Å². The van der Waals surface area contributed by atoms with Crippen LogP contribution in [0.5, 0.6) is 5.75 Å². The van der Waals surface area contributed by atoms with Gasteiger partial charge in [0.15, 0.2) is 0 Å². The first-order chi connectivity index (χ1) is 13.3. The van der Waals surface area contributed by atoms with E-state index >= 15 is 0 Å². The fourth-order valence-corrected chi connectivity index (χ4v) is 3.23. The molecular weight excluding hydrogens is 395 g/mol. The average Bonchev–Trinajstić information content (AvgIpc) is 3.48. The number of ether oxygens (including phenoxy) is 1. The SMILES string of the molecule is COc1cccc(C(=O)NCC(CC2CC2)c2cnc(C(F)(F)F)nc2)c1Cl. The molecule has 2 aromatic rings. The van der Waals surface area contributed by atoms with Crippen LogP contribution in [-0.4, -0.2) is 29.5 Å². The normalized spacial score (nSPS) is 15.2. The summed E-state index contributed by atoms with van der Waals surface area (Å²) in [5.41, 5.74) is 0.840. The molecule has 0 saturated heterocycles. The highest BCUT2D eigenvalue weighted by Gasteiger charge is 2.35. The molecule has 1 aromatic heterocycles. The van der Waals surface area contributed by atoms with Gasteiger partial charge in [0.05, 0.1) is 17.7 Å². The summed E-state index contributed by atoms with van der Waals surface area (Å²) in [6, 6.07) is 4.89. The number of hydrogen-bond acceptors (Lipinski definition) is 4. The molecule has 0 radical (unpaired) electrons. The molecule has 28 heavy (non-hydrogen) atoms. The van der Waals surface area contributed by atoms with Crippen LogP contribution in [0, 0.1) is 5.92 Å². The molecular formula is C19H19ClF3N3O2. The highest BCUT2D eigenvalue weighted by molar-refractivity contribution is 6.35. The number of methoxy groups -OCH3 is 1. The Bertz CT molecular complexity index is 839. The number of alkyl halides is 3. The zero-order chi connectivity index (χ0) is 20.3. The number of benzene rings is 1. The topological polar surface area (TPSA) is 64.1 Å². The molecule has 1 unspecified atom stereocenters. The van der Waals surface area contributed by atoms with Gasteiger partial charge in [0.1, 0.15) is 5.75 Å². The Balaban J connectivity index is 1.72. The van der Waals surface area contributed by atoms with Crippen LogP contribution in [0.15, 0.2) is 30.6 Å². The number of aromatic nitrogens is 2. The number of amides is 1. The predicted octanol–water partition coefficient (Wildman–Crippen LogP) is 4.47. The van der Waals surface area contributed by atoms with E-state index in [-0.39, 0.29) is 29.0 Å². The quantitative estimate of drug-likeness (QED) is 0.727. The van der Waals surface area contributed by atoms with E-state index in [1.165, 1.54) is 19.5 Å². The van der Waals surface area contributed by atoms with Crippen LogP contribution < -0.4 is 10.1 Å². The maximum Gasteiger partial charge on any atom is 0.451 e. The van der Waals surface area contributed by atoms with Crippen molar-refractivity contribution in [2.24, 2.45) is 5.92 Å². The van der Waals surface area contributed by atoms with Crippen LogP contribution in [0.25, 0.3) is 0 Å². The Morgan fingerprint density at radius 1 is 1.32 bits per heavy atom. The molecule has 1 fully saturated rings. The molecule has 0 bridgehead atoms. The molecule has 1 atom stereocenters.